The standard InChI is InChI=1S/C23H24N2O/c26-23(20-12-11-18-7-1-2-8-19(18)15-20)24-16-21-9-3-4-10-22(21)17-25-13-5-6-14-25/h1-4,7-12,15H,5-6,13-14,16-17H2,(H,24,26)/p+1. The minimum atomic E-state index is -0.0147. The quantitative estimate of drug-likeness (QED) is 0.732. The van der Waals surface area contributed by atoms with Crippen LogP contribution in [-0.4, -0.2) is 19.0 Å². The van der Waals surface area contributed by atoms with Crippen LogP contribution < -0.4 is 10.2 Å². The molecule has 1 heterocycles. The second-order valence-corrected chi connectivity index (χ2v) is 7.15. The number of rotatable bonds is 5. The van der Waals surface area contributed by atoms with Crippen LogP contribution in [0.25, 0.3) is 10.8 Å². The first-order valence-corrected chi connectivity index (χ1v) is 9.47. The summed E-state index contributed by atoms with van der Waals surface area (Å²) in [6, 6.07) is 22.5. The van der Waals surface area contributed by atoms with Gasteiger partial charge in [0.15, 0.2) is 0 Å². The SMILES string of the molecule is O=C(NCc1ccccc1C[NH+]1CCCC1)c1ccc2ccccc2c1. The van der Waals surface area contributed by atoms with Gasteiger partial charge >= 0.3 is 0 Å². The van der Waals surface area contributed by atoms with Crippen LogP contribution in [0, 0.1) is 0 Å². The van der Waals surface area contributed by atoms with Crippen molar-refractivity contribution in [2.45, 2.75) is 25.9 Å². The van der Waals surface area contributed by atoms with Gasteiger partial charge in [-0.2, -0.15) is 0 Å². The lowest BCUT2D eigenvalue weighted by atomic mass is 10.1. The Balaban J connectivity index is 1.45. The molecule has 0 aliphatic carbocycles. The molecule has 1 aliphatic heterocycles. The molecule has 0 spiro atoms. The molecule has 3 aromatic carbocycles. The number of carbonyl (C=O) groups is 1. The lowest BCUT2D eigenvalue weighted by Crippen LogP contribution is -3.08. The molecule has 0 bridgehead atoms. The molecule has 4 rings (SSSR count). The molecule has 26 heavy (non-hydrogen) atoms. The maximum absolute atomic E-state index is 12.6. The van der Waals surface area contributed by atoms with Gasteiger partial charge in [0.1, 0.15) is 6.54 Å². The first-order chi connectivity index (χ1) is 12.8. The van der Waals surface area contributed by atoms with Gasteiger partial charge in [-0.25, -0.2) is 0 Å². The molecular weight excluding hydrogens is 320 g/mol. The van der Waals surface area contributed by atoms with E-state index in [1.807, 2.05) is 36.4 Å². The summed E-state index contributed by atoms with van der Waals surface area (Å²) in [5.41, 5.74) is 3.29. The van der Waals surface area contributed by atoms with E-state index >= 15 is 0 Å². The monoisotopic (exact) mass is 345 g/mol. The molecule has 0 saturated carbocycles. The van der Waals surface area contributed by atoms with Crippen LogP contribution in [-0.2, 0) is 13.1 Å². The van der Waals surface area contributed by atoms with Crippen molar-refractivity contribution < 1.29 is 9.69 Å². The number of hydrogen-bond donors (Lipinski definition) is 2. The van der Waals surface area contributed by atoms with E-state index in [9.17, 15) is 4.79 Å². The highest BCUT2D eigenvalue weighted by molar-refractivity contribution is 5.98. The molecule has 2 N–H and O–H groups in total. The van der Waals surface area contributed by atoms with Gasteiger partial charge in [-0.05, 0) is 28.5 Å². The summed E-state index contributed by atoms with van der Waals surface area (Å²) in [5, 5.41) is 5.35. The Hall–Kier alpha value is -2.65. The van der Waals surface area contributed by atoms with Crippen LogP contribution in [0.4, 0.5) is 0 Å². The third-order valence-corrected chi connectivity index (χ3v) is 5.32. The average Bonchev–Trinajstić information content (AvgIpc) is 3.20. The smallest absolute Gasteiger partial charge is 0.251 e. The lowest BCUT2D eigenvalue weighted by Gasteiger charge is -2.15. The third-order valence-electron chi connectivity index (χ3n) is 5.32. The summed E-state index contributed by atoms with van der Waals surface area (Å²) >= 11 is 0. The van der Waals surface area contributed by atoms with Gasteiger partial charge in [0.25, 0.3) is 5.91 Å². The van der Waals surface area contributed by atoms with E-state index in [2.05, 4.69) is 35.6 Å². The number of benzene rings is 3. The summed E-state index contributed by atoms with van der Waals surface area (Å²) in [4.78, 5) is 14.3. The van der Waals surface area contributed by atoms with E-state index in [0.29, 0.717) is 12.1 Å². The molecule has 3 nitrogen and oxygen atoms in total. The molecule has 3 aromatic rings. The number of quaternary nitrogens is 1. The van der Waals surface area contributed by atoms with Crippen molar-refractivity contribution in [1.82, 2.24) is 5.32 Å². The summed E-state index contributed by atoms with van der Waals surface area (Å²) in [5.74, 6) is -0.0147. The Morgan fingerprint density at radius 1 is 0.846 bits per heavy atom. The van der Waals surface area contributed by atoms with Gasteiger partial charge in [0, 0.05) is 30.5 Å². The van der Waals surface area contributed by atoms with Crippen molar-refractivity contribution >= 4 is 16.7 Å². The Labute approximate surface area is 154 Å². The van der Waals surface area contributed by atoms with Crippen LogP contribution in [0.2, 0.25) is 0 Å². The van der Waals surface area contributed by atoms with E-state index in [1.165, 1.54) is 37.1 Å². The maximum atomic E-state index is 12.6. The van der Waals surface area contributed by atoms with Crippen LogP contribution in [0.15, 0.2) is 66.7 Å². The molecule has 1 aliphatic rings. The van der Waals surface area contributed by atoms with Crippen molar-refractivity contribution in [3.8, 4) is 0 Å². The van der Waals surface area contributed by atoms with Crippen molar-refractivity contribution in [3.63, 3.8) is 0 Å². The summed E-state index contributed by atoms with van der Waals surface area (Å²) in [7, 11) is 0. The van der Waals surface area contributed by atoms with Crippen LogP contribution in [0.3, 0.4) is 0 Å². The van der Waals surface area contributed by atoms with Crippen molar-refractivity contribution in [2.24, 2.45) is 0 Å². The molecule has 0 radical (unpaired) electrons. The van der Waals surface area contributed by atoms with Crippen molar-refractivity contribution in [1.29, 1.82) is 0 Å². The Morgan fingerprint density at radius 2 is 1.54 bits per heavy atom. The predicted octanol–water partition coefficient (Wildman–Crippen LogP) is 2.95. The summed E-state index contributed by atoms with van der Waals surface area (Å²) in [6.45, 7) is 4.16. The molecule has 0 atom stereocenters. The fraction of sp³-hybridized carbons (Fsp3) is 0.261. The fourth-order valence-electron chi connectivity index (χ4n) is 3.83. The average molecular weight is 345 g/mol. The van der Waals surface area contributed by atoms with E-state index < -0.39 is 0 Å². The molecular formula is C23H25N2O+. The van der Waals surface area contributed by atoms with Gasteiger partial charge in [-0.15, -0.1) is 0 Å². The lowest BCUT2D eigenvalue weighted by molar-refractivity contribution is -0.901. The Kier molecular flexibility index (Phi) is 4.98. The van der Waals surface area contributed by atoms with Gasteiger partial charge in [0.2, 0.25) is 0 Å². The van der Waals surface area contributed by atoms with E-state index in [-0.39, 0.29) is 5.91 Å². The first-order valence-electron chi connectivity index (χ1n) is 9.47. The minimum absolute atomic E-state index is 0.0147. The third kappa shape index (κ3) is 3.78. The van der Waals surface area contributed by atoms with E-state index in [0.717, 1.165) is 17.3 Å². The van der Waals surface area contributed by atoms with E-state index in [4.69, 9.17) is 0 Å². The highest BCUT2D eigenvalue weighted by Gasteiger charge is 2.17. The van der Waals surface area contributed by atoms with Gasteiger partial charge in [-0.3, -0.25) is 4.79 Å². The number of likely N-dealkylation sites (tertiary alicyclic amines) is 1. The largest absolute Gasteiger partial charge is 0.348 e. The fourth-order valence-corrected chi connectivity index (χ4v) is 3.83. The van der Waals surface area contributed by atoms with Crippen molar-refractivity contribution in [3.05, 3.63) is 83.4 Å². The van der Waals surface area contributed by atoms with Gasteiger partial charge in [-0.1, -0.05) is 54.6 Å². The van der Waals surface area contributed by atoms with Gasteiger partial charge < -0.3 is 10.2 Å². The Bertz CT molecular complexity index is 913. The van der Waals surface area contributed by atoms with Crippen LogP contribution in [0.1, 0.15) is 34.3 Å². The number of amides is 1. The number of hydrogen-bond acceptors (Lipinski definition) is 1. The highest BCUT2D eigenvalue weighted by atomic mass is 16.1. The molecule has 0 aromatic heterocycles. The second-order valence-electron chi connectivity index (χ2n) is 7.15. The second kappa shape index (κ2) is 7.71. The predicted molar refractivity (Wildman–Crippen MR) is 105 cm³/mol. The highest BCUT2D eigenvalue weighted by Crippen LogP contribution is 2.16. The zero-order chi connectivity index (χ0) is 17.8. The molecule has 0 unspecified atom stereocenters. The maximum Gasteiger partial charge on any atom is 0.251 e. The number of nitrogens with one attached hydrogen (secondary N) is 2. The van der Waals surface area contributed by atoms with Crippen molar-refractivity contribution in [2.75, 3.05) is 13.1 Å². The first kappa shape index (κ1) is 16.8. The minimum Gasteiger partial charge on any atom is -0.348 e. The van der Waals surface area contributed by atoms with Gasteiger partial charge in [0.05, 0.1) is 13.1 Å². The summed E-state index contributed by atoms with van der Waals surface area (Å²) in [6.07, 6.45) is 2.66. The molecule has 132 valence electrons. The number of fused-ring (bicyclic) bond motifs is 1. The summed E-state index contributed by atoms with van der Waals surface area (Å²) < 4.78 is 0. The zero-order valence-electron chi connectivity index (χ0n) is 15.0. The number of carbonyl (C=O) groups excluding carboxylic acids is 1. The molecule has 1 amide bonds. The molecule has 1 fully saturated rings. The van der Waals surface area contributed by atoms with Crippen LogP contribution >= 0.6 is 0 Å². The zero-order valence-corrected chi connectivity index (χ0v) is 15.0. The molecule has 1 saturated heterocycles. The Morgan fingerprint density at radius 3 is 2.35 bits per heavy atom. The van der Waals surface area contributed by atoms with E-state index in [1.54, 1.807) is 4.90 Å². The van der Waals surface area contributed by atoms with Crippen LogP contribution in [0.5, 0.6) is 0 Å². The topological polar surface area (TPSA) is 33.5 Å². The molecule has 3 heteroatoms. The normalized spacial score (nSPS) is 14.6.